The first kappa shape index (κ1) is 17.7. The van der Waals surface area contributed by atoms with Crippen molar-refractivity contribution in [2.24, 2.45) is 4.99 Å². The van der Waals surface area contributed by atoms with Crippen LogP contribution in [0, 0.1) is 0 Å². The molecule has 2 nitrogen and oxygen atoms in total. The maximum absolute atomic E-state index is 12.1. The molecule has 87 valence electrons. The fourth-order valence-electron chi connectivity index (χ4n) is 0.811. The number of rotatable bonds is 3. The second-order valence-electron chi connectivity index (χ2n) is 3.34. The summed E-state index contributed by atoms with van der Waals surface area (Å²) >= 11 is 0. The molecule has 0 heterocycles. The van der Waals surface area contributed by atoms with Gasteiger partial charge in [-0.1, -0.05) is 33.5 Å². The zero-order valence-electron chi connectivity index (χ0n) is 9.47. The van der Waals surface area contributed by atoms with Crippen LogP contribution in [0.15, 0.2) is 4.99 Å². The Morgan fingerprint density at radius 3 is 2.00 bits per heavy atom. The summed E-state index contributed by atoms with van der Waals surface area (Å²) in [5.41, 5.74) is 0. The summed E-state index contributed by atoms with van der Waals surface area (Å²) in [5, 5.41) is 3.53. The Morgan fingerprint density at radius 1 is 1.27 bits per heavy atom. The minimum atomic E-state index is -4.27. The van der Waals surface area contributed by atoms with Crippen molar-refractivity contribution in [1.82, 2.24) is 0 Å². The number of nitrogens with zero attached hydrogens (tertiary/aromatic N) is 2. The van der Waals surface area contributed by atoms with Crippen molar-refractivity contribution in [1.29, 1.82) is 0 Å². The molecule has 0 aliphatic rings. The summed E-state index contributed by atoms with van der Waals surface area (Å²) in [6.45, 7) is 6.40. The van der Waals surface area contributed by atoms with E-state index in [0.717, 1.165) is 6.92 Å². The molecule has 0 saturated heterocycles. The van der Waals surface area contributed by atoms with Crippen LogP contribution in [0.3, 0.4) is 0 Å². The number of hydrogen-bond donors (Lipinski definition) is 0. The van der Waals surface area contributed by atoms with E-state index in [1.165, 1.54) is 0 Å². The zero-order chi connectivity index (χ0) is 11.4. The van der Waals surface area contributed by atoms with E-state index in [1.807, 2.05) is 13.8 Å². The third-order valence-corrected chi connectivity index (χ3v) is 1.54. The van der Waals surface area contributed by atoms with Gasteiger partial charge in [0.05, 0.1) is 6.04 Å². The van der Waals surface area contributed by atoms with Gasteiger partial charge in [0.15, 0.2) is 0 Å². The van der Waals surface area contributed by atoms with Crippen LogP contribution in [0.4, 0.5) is 13.2 Å². The Morgan fingerprint density at radius 2 is 1.73 bits per heavy atom. The van der Waals surface area contributed by atoms with E-state index >= 15 is 0 Å². The van der Waals surface area contributed by atoms with E-state index < -0.39 is 12.2 Å². The number of alkyl halides is 3. The van der Waals surface area contributed by atoms with E-state index in [0.29, 0.717) is 6.42 Å². The molecule has 0 aliphatic heterocycles. The summed E-state index contributed by atoms with van der Waals surface area (Å²) in [7, 11) is 0. The summed E-state index contributed by atoms with van der Waals surface area (Å²) < 4.78 is 36.4. The zero-order valence-corrected chi connectivity index (χ0v) is 12.3. The van der Waals surface area contributed by atoms with Gasteiger partial charge in [-0.25, -0.2) is 0 Å². The average molecular weight is 298 g/mol. The van der Waals surface area contributed by atoms with E-state index in [-0.39, 0.29) is 44.6 Å². The van der Waals surface area contributed by atoms with Gasteiger partial charge in [-0.2, -0.15) is 13.2 Å². The molecule has 1 radical (unpaired) electrons. The summed E-state index contributed by atoms with van der Waals surface area (Å²) in [6, 6.07) is -1.69. The third-order valence-electron chi connectivity index (χ3n) is 1.54. The van der Waals surface area contributed by atoms with Crippen LogP contribution in [0.25, 0.3) is 5.32 Å². The monoisotopic (exact) mass is 298 g/mol. The standard InChI is InChI=1S/C9H16F3N2.Y/c1-5-8(13-6(2)3)14-7(4)9(10,11)12;/h6-7H,5H2,1-4H3;/q-1;. The van der Waals surface area contributed by atoms with Crippen molar-refractivity contribution < 1.29 is 45.9 Å². The first-order valence-electron chi connectivity index (χ1n) is 4.61. The predicted octanol–water partition coefficient (Wildman–Crippen LogP) is 3.53. The summed E-state index contributed by atoms with van der Waals surface area (Å²) in [4.78, 5) is 4.00. The van der Waals surface area contributed by atoms with Crippen LogP contribution in [-0.4, -0.2) is 24.1 Å². The van der Waals surface area contributed by atoms with Gasteiger partial charge in [0.25, 0.3) is 0 Å². The molecule has 6 heteroatoms. The molecule has 0 fully saturated rings. The van der Waals surface area contributed by atoms with Crippen molar-refractivity contribution in [2.45, 2.75) is 52.4 Å². The van der Waals surface area contributed by atoms with Crippen LogP contribution in [0.2, 0.25) is 0 Å². The van der Waals surface area contributed by atoms with E-state index in [9.17, 15) is 13.2 Å². The first-order chi connectivity index (χ1) is 6.27. The van der Waals surface area contributed by atoms with Crippen LogP contribution in [-0.2, 0) is 32.7 Å². The molecular weight excluding hydrogens is 282 g/mol. The smallest absolute Gasteiger partial charge is 0.390 e. The number of amidine groups is 1. The van der Waals surface area contributed by atoms with Crippen molar-refractivity contribution >= 4 is 5.84 Å². The largest absolute Gasteiger partial charge is 0.466 e. The van der Waals surface area contributed by atoms with Crippen molar-refractivity contribution in [2.75, 3.05) is 0 Å². The molecule has 15 heavy (non-hydrogen) atoms. The molecule has 0 aromatic rings. The third kappa shape index (κ3) is 8.20. The molecule has 0 aliphatic carbocycles. The van der Waals surface area contributed by atoms with Gasteiger partial charge in [0, 0.05) is 32.7 Å². The maximum Gasteiger partial charge on any atom is 0.390 e. The fraction of sp³-hybridized carbons (Fsp3) is 0.889. The quantitative estimate of drug-likeness (QED) is 0.563. The van der Waals surface area contributed by atoms with Crippen molar-refractivity contribution in [3.05, 3.63) is 5.32 Å². The van der Waals surface area contributed by atoms with Gasteiger partial charge in [-0.3, -0.25) is 0 Å². The van der Waals surface area contributed by atoms with Crippen LogP contribution in [0.5, 0.6) is 0 Å². The minimum absolute atomic E-state index is 0. The molecule has 0 aromatic carbocycles. The molecule has 1 atom stereocenters. The topological polar surface area (TPSA) is 26.5 Å². The van der Waals surface area contributed by atoms with Crippen molar-refractivity contribution in [3.63, 3.8) is 0 Å². The van der Waals surface area contributed by atoms with Crippen molar-refractivity contribution in [3.8, 4) is 0 Å². The Hall–Kier alpha value is 0.364. The number of halogens is 3. The Labute approximate surface area is 114 Å². The molecule has 0 bridgehead atoms. The second kappa shape index (κ2) is 7.61. The van der Waals surface area contributed by atoms with Gasteiger partial charge in [-0.05, 0) is 12.5 Å². The molecule has 1 unspecified atom stereocenters. The van der Waals surface area contributed by atoms with Gasteiger partial charge >= 0.3 is 6.18 Å². The van der Waals surface area contributed by atoms with Gasteiger partial charge in [0.1, 0.15) is 0 Å². The Balaban J connectivity index is 0. The van der Waals surface area contributed by atoms with E-state index in [4.69, 9.17) is 0 Å². The first-order valence-corrected chi connectivity index (χ1v) is 4.61. The van der Waals surface area contributed by atoms with Crippen LogP contribution < -0.4 is 0 Å². The molecular formula is C9H16F3N2Y-. The van der Waals surface area contributed by atoms with Crippen LogP contribution >= 0.6 is 0 Å². The second-order valence-corrected chi connectivity index (χ2v) is 3.34. The molecule has 0 spiro atoms. The molecule has 0 saturated carbocycles. The Kier molecular flexibility index (Phi) is 9.00. The van der Waals surface area contributed by atoms with Gasteiger partial charge < -0.3 is 10.3 Å². The van der Waals surface area contributed by atoms with E-state index in [2.05, 4.69) is 10.3 Å². The average Bonchev–Trinajstić information content (AvgIpc) is 2.00. The summed E-state index contributed by atoms with van der Waals surface area (Å²) in [5.74, 6) is 0.282. The molecule has 0 N–H and O–H groups in total. The minimum Gasteiger partial charge on any atom is -0.466 e. The SMILES string of the molecule is CCC(=NC(C)C)[N-]C(C)C(F)(F)F.[Y]. The van der Waals surface area contributed by atoms with Crippen LogP contribution in [0.1, 0.15) is 34.1 Å². The maximum atomic E-state index is 12.1. The molecule has 0 rings (SSSR count). The number of hydrogen-bond acceptors (Lipinski definition) is 1. The van der Waals surface area contributed by atoms with Gasteiger partial charge in [-0.15, -0.1) is 0 Å². The molecule has 0 amide bonds. The normalized spacial score (nSPS) is 14.8. The fourth-order valence-corrected chi connectivity index (χ4v) is 0.811. The predicted molar refractivity (Wildman–Crippen MR) is 51.7 cm³/mol. The van der Waals surface area contributed by atoms with Gasteiger partial charge in [0.2, 0.25) is 0 Å². The Bertz CT molecular complexity index is 202. The number of aliphatic imine (C=N–C) groups is 1. The molecule has 0 aromatic heterocycles. The van der Waals surface area contributed by atoms with E-state index in [1.54, 1.807) is 6.92 Å². The summed E-state index contributed by atoms with van der Waals surface area (Å²) in [6.07, 6.45) is -3.84.